The second-order valence-corrected chi connectivity index (χ2v) is 4.38. The Morgan fingerprint density at radius 3 is 2.67 bits per heavy atom. The normalized spacial score (nSPS) is 10.3. The fourth-order valence-corrected chi connectivity index (χ4v) is 1.85. The number of carbonyl (C=O) groups excluding carboxylic acids is 1. The maximum absolute atomic E-state index is 11.1. The van der Waals surface area contributed by atoms with Gasteiger partial charge in [-0.2, -0.15) is 0 Å². The molecule has 0 aliphatic carbocycles. The van der Waals surface area contributed by atoms with Crippen LogP contribution in [0.3, 0.4) is 0 Å². The molecule has 0 unspecified atom stereocenters. The Morgan fingerprint density at radius 2 is 1.94 bits per heavy atom. The summed E-state index contributed by atoms with van der Waals surface area (Å²) in [6.45, 7) is 4.50. The highest BCUT2D eigenvalue weighted by Gasteiger charge is 2.01. The number of benzene rings is 1. The van der Waals surface area contributed by atoms with Gasteiger partial charge < -0.3 is 10.1 Å². The van der Waals surface area contributed by atoms with Gasteiger partial charge in [0.25, 0.3) is 0 Å². The zero-order valence-corrected chi connectivity index (χ0v) is 11.2. The molecule has 0 heterocycles. The molecule has 0 spiro atoms. The number of unbranched alkanes of at least 4 members (excludes halogenated alkanes) is 2. The van der Waals surface area contributed by atoms with Gasteiger partial charge >= 0.3 is 5.97 Å². The first-order chi connectivity index (χ1) is 8.83. The number of rotatable bonds is 9. The summed E-state index contributed by atoms with van der Waals surface area (Å²) in [5, 5.41) is 2.32. The number of hydrogen-bond acceptors (Lipinski definition) is 2. The second-order valence-electron chi connectivity index (χ2n) is 4.38. The van der Waals surface area contributed by atoms with Crippen molar-refractivity contribution in [3.05, 3.63) is 35.9 Å². The van der Waals surface area contributed by atoms with E-state index in [-0.39, 0.29) is 5.97 Å². The Kier molecular flexibility index (Phi) is 7.89. The third kappa shape index (κ3) is 7.07. The Hall–Kier alpha value is -1.35. The molecule has 0 radical (unpaired) electrons. The number of nitrogens with two attached hydrogens (primary N) is 1. The second kappa shape index (κ2) is 9.66. The molecule has 1 aromatic carbocycles. The van der Waals surface area contributed by atoms with Gasteiger partial charge in [0.05, 0.1) is 13.2 Å². The third-order valence-corrected chi connectivity index (χ3v) is 2.82. The van der Waals surface area contributed by atoms with Crippen LogP contribution in [0.1, 0.15) is 38.2 Å². The van der Waals surface area contributed by atoms with Crippen molar-refractivity contribution in [2.24, 2.45) is 0 Å². The first-order valence-electron chi connectivity index (χ1n) is 6.84. The average Bonchev–Trinajstić information content (AvgIpc) is 2.39. The number of hydrogen-bond donors (Lipinski definition) is 1. The van der Waals surface area contributed by atoms with E-state index in [9.17, 15) is 4.79 Å². The fraction of sp³-hybridized carbons (Fsp3) is 0.533. The molecule has 0 aliphatic heterocycles. The molecule has 2 N–H and O–H groups in total. The Morgan fingerprint density at radius 1 is 1.17 bits per heavy atom. The van der Waals surface area contributed by atoms with Gasteiger partial charge in [0.2, 0.25) is 0 Å². The summed E-state index contributed by atoms with van der Waals surface area (Å²) in [6.07, 6.45) is 3.76. The molecule has 0 amide bonds. The van der Waals surface area contributed by atoms with Crippen LogP contribution >= 0.6 is 0 Å². The lowest BCUT2D eigenvalue weighted by molar-refractivity contribution is -0.671. The molecule has 3 nitrogen and oxygen atoms in total. The summed E-state index contributed by atoms with van der Waals surface area (Å²) in [4.78, 5) is 11.1. The molecule has 0 aromatic heterocycles. The zero-order chi connectivity index (χ0) is 13.1. The highest BCUT2D eigenvalue weighted by Crippen LogP contribution is 2.00. The summed E-state index contributed by atoms with van der Waals surface area (Å²) in [7, 11) is 0. The molecule has 0 saturated carbocycles. The maximum atomic E-state index is 11.1. The van der Waals surface area contributed by atoms with E-state index in [1.807, 2.05) is 13.0 Å². The molecule has 0 bridgehead atoms. The Labute approximate surface area is 110 Å². The zero-order valence-electron chi connectivity index (χ0n) is 11.2. The number of quaternary nitrogens is 1. The standard InChI is InChI=1S/C15H23NO2/c1-2-18-15(17)11-7-4-8-12-16-13-14-9-5-3-6-10-14/h3,5-6,9-10,16H,2,4,7-8,11-13H2,1H3/p+1. The van der Waals surface area contributed by atoms with Gasteiger partial charge in [-0.3, -0.25) is 4.79 Å². The predicted octanol–water partition coefficient (Wildman–Crippen LogP) is 1.87. The molecule has 1 rings (SSSR count). The quantitative estimate of drug-likeness (QED) is 0.537. The van der Waals surface area contributed by atoms with E-state index in [1.54, 1.807) is 0 Å². The summed E-state index contributed by atoms with van der Waals surface area (Å²) in [5.41, 5.74) is 1.36. The van der Waals surface area contributed by atoms with E-state index in [4.69, 9.17) is 4.74 Å². The highest BCUT2D eigenvalue weighted by atomic mass is 16.5. The van der Waals surface area contributed by atoms with Gasteiger partial charge in [0.15, 0.2) is 0 Å². The molecule has 18 heavy (non-hydrogen) atoms. The largest absolute Gasteiger partial charge is 0.466 e. The lowest BCUT2D eigenvalue weighted by Gasteiger charge is -2.03. The molecule has 0 saturated heterocycles. The molecule has 0 fully saturated rings. The van der Waals surface area contributed by atoms with Crippen molar-refractivity contribution in [1.82, 2.24) is 0 Å². The molecule has 100 valence electrons. The molecule has 0 aliphatic rings. The van der Waals surface area contributed by atoms with Gasteiger partial charge in [-0.15, -0.1) is 0 Å². The monoisotopic (exact) mass is 250 g/mol. The lowest BCUT2D eigenvalue weighted by Crippen LogP contribution is -2.82. The van der Waals surface area contributed by atoms with Crippen molar-refractivity contribution in [3.8, 4) is 0 Å². The first-order valence-corrected chi connectivity index (χ1v) is 6.84. The molecule has 3 heteroatoms. The van der Waals surface area contributed by atoms with Crippen LogP contribution in [-0.2, 0) is 16.1 Å². The summed E-state index contributed by atoms with van der Waals surface area (Å²) >= 11 is 0. The number of esters is 1. The van der Waals surface area contributed by atoms with Crippen LogP contribution in [0.4, 0.5) is 0 Å². The highest BCUT2D eigenvalue weighted by molar-refractivity contribution is 5.69. The van der Waals surface area contributed by atoms with E-state index in [2.05, 4.69) is 29.6 Å². The summed E-state index contributed by atoms with van der Waals surface area (Å²) < 4.78 is 4.88. The third-order valence-electron chi connectivity index (χ3n) is 2.82. The van der Waals surface area contributed by atoms with Crippen molar-refractivity contribution < 1.29 is 14.8 Å². The molecular formula is C15H24NO2+. The van der Waals surface area contributed by atoms with E-state index >= 15 is 0 Å². The first kappa shape index (κ1) is 14.7. The van der Waals surface area contributed by atoms with Crippen LogP contribution in [0.2, 0.25) is 0 Å². The van der Waals surface area contributed by atoms with E-state index in [1.165, 1.54) is 5.56 Å². The Balaban J connectivity index is 1.92. The van der Waals surface area contributed by atoms with Crippen molar-refractivity contribution in [1.29, 1.82) is 0 Å². The average molecular weight is 250 g/mol. The minimum Gasteiger partial charge on any atom is -0.466 e. The van der Waals surface area contributed by atoms with Gasteiger partial charge in [-0.1, -0.05) is 30.3 Å². The van der Waals surface area contributed by atoms with Crippen LogP contribution in [0.15, 0.2) is 30.3 Å². The SMILES string of the molecule is CCOC(=O)CCCCC[NH2+]Cc1ccccc1. The van der Waals surface area contributed by atoms with E-state index in [0.717, 1.165) is 32.4 Å². The number of ether oxygens (including phenoxy) is 1. The van der Waals surface area contributed by atoms with Crippen molar-refractivity contribution in [2.75, 3.05) is 13.2 Å². The molecule has 0 atom stereocenters. The van der Waals surface area contributed by atoms with Gasteiger partial charge in [0, 0.05) is 12.0 Å². The minimum atomic E-state index is -0.0641. The van der Waals surface area contributed by atoms with Crippen molar-refractivity contribution in [3.63, 3.8) is 0 Å². The Bertz CT molecular complexity index is 325. The van der Waals surface area contributed by atoms with Crippen molar-refractivity contribution in [2.45, 2.75) is 39.2 Å². The van der Waals surface area contributed by atoms with Crippen LogP contribution in [0, 0.1) is 0 Å². The van der Waals surface area contributed by atoms with Gasteiger partial charge in [0.1, 0.15) is 6.54 Å². The fourth-order valence-electron chi connectivity index (χ4n) is 1.85. The van der Waals surface area contributed by atoms with Gasteiger partial charge in [-0.05, 0) is 26.2 Å². The van der Waals surface area contributed by atoms with Crippen LogP contribution < -0.4 is 5.32 Å². The minimum absolute atomic E-state index is 0.0641. The molecular weight excluding hydrogens is 226 g/mol. The van der Waals surface area contributed by atoms with Crippen LogP contribution in [0.25, 0.3) is 0 Å². The summed E-state index contributed by atoms with van der Waals surface area (Å²) in [6, 6.07) is 10.5. The maximum Gasteiger partial charge on any atom is 0.305 e. The smallest absolute Gasteiger partial charge is 0.305 e. The topological polar surface area (TPSA) is 42.9 Å². The molecule has 1 aromatic rings. The van der Waals surface area contributed by atoms with Crippen LogP contribution in [0.5, 0.6) is 0 Å². The lowest BCUT2D eigenvalue weighted by atomic mass is 10.2. The van der Waals surface area contributed by atoms with E-state index < -0.39 is 0 Å². The van der Waals surface area contributed by atoms with Gasteiger partial charge in [-0.25, -0.2) is 0 Å². The van der Waals surface area contributed by atoms with Crippen LogP contribution in [-0.4, -0.2) is 19.1 Å². The van der Waals surface area contributed by atoms with E-state index in [0.29, 0.717) is 13.0 Å². The summed E-state index contributed by atoms with van der Waals surface area (Å²) in [5.74, 6) is -0.0641. The van der Waals surface area contributed by atoms with Crippen molar-refractivity contribution >= 4 is 5.97 Å². The number of carbonyl (C=O) groups is 1. The predicted molar refractivity (Wildman–Crippen MR) is 72.0 cm³/mol.